The van der Waals surface area contributed by atoms with Crippen LogP contribution in [0.1, 0.15) is 32.5 Å². The van der Waals surface area contributed by atoms with Crippen molar-refractivity contribution in [3.05, 3.63) is 11.7 Å². The maximum atomic E-state index is 9.97. The lowest BCUT2D eigenvalue weighted by atomic mass is 10.2. The van der Waals surface area contributed by atoms with Crippen LogP contribution in [0.2, 0.25) is 0 Å². The van der Waals surface area contributed by atoms with Crippen molar-refractivity contribution in [2.24, 2.45) is 0 Å². The Hall–Kier alpha value is -1.02. The molecule has 2 rings (SSSR count). The van der Waals surface area contributed by atoms with E-state index >= 15 is 0 Å². The SMILES string of the molecule is CCc1nc(CN2CCN(CC(O)COC(C)C)CC2)no1. The fraction of sp³-hybridized carbons (Fsp3) is 0.867. The highest BCUT2D eigenvalue weighted by Gasteiger charge is 2.20. The molecule has 1 N–H and O–H groups in total. The molecule has 2 heterocycles. The molecule has 1 saturated heterocycles. The maximum Gasteiger partial charge on any atom is 0.226 e. The van der Waals surface area contributed by atoms with E-state index < -0.39 is 6.10 Å². The number of ether oxygens (including phenoxy) is 1. The van der Waals surface area contributed by atoms with E-state index in [9.17, 15) is 5.11 Å². The third kappa shape index (κ3) is 5.64. The van der Waals surface area contributed by atoms with Gasteiger partial charge in [-0.2, -0.15) is 4.98 Å². The number of aryl methyl sites for hydroxylation is 1. The van der Waals surface area contributed by atoms with E-state index in [-0.39, 0.29) is 6.10 Å². The van der Waals surface area contributed by atoms with Crippen molar-refractivity contribution in [1.29, 1.82) is 0 Å². The first-order chi connectivity index (χ1) is 10.6. The minimum absolute atomic E-state index is 0.162. The minimum atomic E-state index is -0.418. The van der Waals surface area contributed by atoms with Gasteiger partial charge in [-0.05, 0) is 13.8 Å². The zero-order chi connectivity index (χ0) is 15.9. The molecule has 0 radical (unpaired) electrons. The molecule has 7 heteroatoms. The topological polar surface area (TPSA) is 74.9 Å². The van der Waals surface area contributed by atoms with Crippen molar-refractivity contribution in [2.75, 3.05) is 39.3 Å². The normalized spacial score (nSPS) is 19.0. The number of hydrogen-bond acceptors (Lipinski definition) is 7. The molecule has 126 valence electrons. The van der Waals surface area contributed by atoms with E-state index in [4.69, 9.17) is 9.26 Å². The lowest BCUT2D eigenvalue weighted by Gasteiger charge is -2.35. The lowest BCUT2D eigenvalue weighted by Crippen LogP contribution is -2.48. The van der Waals surface area contributed by atoms with Crippen LogP contribution in [-0.4, -0.2) is 76.6 Å². The fourth-order valence-corrected chi connectivity index (χ4v) is 2.48. The number of aliphatic hydroxyl groups is 1. The molecule has 1 unspecified atom stereocenters. The molecule has 1 aromatic heterocycles. The highest BCUT2D eigenvalue weighted by atomic mass is 16.5. The van der Waals surface area contributed by atoms with Crippen molar-refractivity contribution in [3.8, 4) is 0 Å². The Kier molecular flexibility index (Phi) is 6.75. The van der Waals surface area contributed by atoms with E-state index in [0.717, 1.165) is 45.0 Å². The van der Waals surface area contributed by atoms with Gasteiger partial charge in [-0.25, -0.2) is 0 Å². The van der Waals surface area contributed by atoms with Crippen LogP contribution in [0.3, 0.4) is 0 Å². The van der Waals surface area contributed by atoms with Gasteiger partial charge in [-0.3, -0.25) is 9.80 Å². The van der Waals surface area contributed by atoms with E-state index in [1.165, 1.54) is 0 Å². The average Bonchev–Trinajstić information content (AvgIpc) is 2.95. The van der Waals surface area contributed by atoms with Crippen LogP contribution in [0.4, 0.5) is 0 Å². The first-order valence-electron chi connectivity index (χ1n) is 8.12. The smallest absolute Gasteiger partial charge is 0.226 e. The third-order valence-corrected chi connectivity index (χ3v) is 3.73. The summed E-state index contributed by atoms with van der Waals surface area (Å²) in [7, 11) is 0. The number of aromatic nitrogens is 2. The van der Waals surface area contributed by atoms with Gasteiger partial charge in [0, 0.05) is 39.1 Å². The molecule has 0 amide bonds. The number of rotatable bonds is 8. The van der Waals surface area contributed by atoms with Gasteiger partial charge in [0.05, 0.1) is 25.4 Å². The molecule has 22 heavy (non-hydrogen) atoms. The molecule has 7 nitrogen and oxygen atoms in total. The van der Waals surface area contributed by atoms with Gasteiger partial charge in [0.25, 0.3) is 0 Å². The van der Waals surface area contributed by atoms with Crippen LogP contribution in [0.25, 0.3) is 0 Å². The van der Waals surface area contributed by atoms with E-state index in [1.54, 1.807) is 0 Å². The molecule has 0 bridgehead atoms. The van der Waals surface area contributed by atoms with Gasteiger partial charge in [0.1, 0.15) is 0 Å². The van der Waals surface area contributed by atoms with Crippen molar-refractivity contribution in [3.63, 3.8) is 0 Å². The van der Waals surface area contributed by atoms with E-state index in [0.29, 0.717) is 19.0 Å². The second-order valence-corrected chi connectivity index (χ2v) is 6.07. The number of nitrogens with zero attached hydrogens (tertiary/aromatic N) is 4. The molecular weight excluding hydrogens is 284 g/mol. The number of piperazine rings is 1. The molecular formula is C15H28N4O3. The van der Waals surface area contributed by atoms with Crippen LogP contribution in [0, 0.1) is 0 Å². The molecule has 0 aromatic carbocycles. The van der Waals surface area contributed by atoms with Crippen LogP contribution >= 0.6 is 0 Å². The molecule has 0 spiro atoms. The monoisotopic (exact) mass is 312 g/mol. The van der Waals surface area contributed by atoms with Gasteiger partial charge >= 0.3 is 0 Å². The van der Waals surface area contributed by atoms with Crippen molar-refractivity contribution in [1.82, 2.24) is 19.9 Å². The molecule has 0 saturated carbocycles. The summed E-state index contributed by atoms with van der Waals surface area (Å²) in [5.41, 5.74) is 0. The zero-order valence-corrected chi connectivity index (χ0v) is 13.9. The van der Waals surface area contributed by atoms with Gasteiger partial charge in [0.2, 0.25) is 5.89 Å². The predicted molar refractivity (Wildman–Crippen MR) is 82.5 cm³/mol. The summed E-state index contributed by atoms with van der Waals surface area (Å²) in [6.45, 7) is 11.6. The van der Waals surface area contributed by atoms with Crippen LogP contribution in [0.5, 0.6) is 0 Å². The summed E-state index contributed by atoms with van der Waals surface area (Å²) in [4.78, 5) is 8.94. The van der Waals surface area contributed by atoms with E-state index in [1.807, 2.05) is 20.8 Å². The average molecular weight is 312 g/mol. The first-order valence-corrected chi connectivity index (χ1v) is 8.12. The number of aliphatic hydroxyl groups excluding tert-OH is 1. The van der Waals surface area contributed by atoms with Gasteiger partial charge in [-0.15, -0.1) is 0 Å². The summed E-state index contributed by atoms with van der Waals surface area (Å²) in [5, 5.41) is 14.0. The Bertz CT molecular complexity index is 430. The van der Waals surface area contributed by atoms with Crippen molar-refractivity contribution < 1.29 is 14.4 Å². The highest BCUT2D eigenvalue weighted by Crippen LogP contribution is 2.08. The Morgan fingerprint density at radius 2 is 1.91 bits per heavy atom. The van der Waals surface area contributed by atoms with Crippen LogP contribution in [0.15, 0.2) is 4.52 Å². The maximum absolute atomic E-state index is 9.97. The predicted octanol–water partition coefficient (Wildman–Crippen LogP) is 0.536. The van der Waals surface area contributed by atoms with Crippen molar-refractivity contribution in [2.45, 2.75) is 45.9 Å². The van der Waals surface area contributed by atoms with Gasteiger partial charge in [0.15, 0.2) is 5.82 Å². The second kappa shape index (κ2) is 8.57. The Morgan fingerprint density at radius 3 is 2.50 bits per heavy atom. The highest BCUT2D eigenvalue weighted by molar-refractivity contribution is 4.87. The molecule has 1 atom stereocenters. The molecule has 1 fully saturated rings. The van der Waals surface area contributed by atoms with Crippen molar-refractivity contribution >= 4 is 0 Å². The summed E-state index contributed by atoms with van der Waals surface area (Å²) in [6, 6.07) is 0. The third-order valence-electron chi connectivity index (χ3n) is 3.73. The number of β-amino-alcohol motifs (C(OH)–C–C–N with tert-alkyl or cyclic N) is 1. The Labute approximate surface area is 132 Å². The lowest BCUT2D eigenvalue weighted by molar-refractivity contribution is -0.0149. The number of hydrogen-bond donors (Lipinski definition) is 1. The zero-order valence-electron chi connectivity index (χ0n) is 13.9. The first kappa shape index (κ1) is 17.3. The quantitative estimate of drug-likeness (QED) is 0.750. The summed E-state index contributed by atoms with van der Waals surface area (Å²) in [5.74, 6) is 1.46. The second-order valence-electron chi connectivity index (χ2n) is 6.07. The Balaban J connectivity index is 1.67. The molecule has 1 aliphatic heterocycles. The van der Waals surface area contributed by atoms with Gasteiger partial charge in [-0.1, -0.05) is 12.1 Å². The molecule has 1 aliphatic rings. The standard InChI is InChI=1S/C15H28N4O3/c1-4-15-16-14(17-22-15)10-19-7-5-18(6-8-19)9-13(20)11-21-12(2)3/h12-13,20H,4-11H2,1-3H3. The summed E-state index contributed by atoms with van der Waals surface area (Å²) in [6.07, 6.45) is 0.518. The van der Waals surface area contributed by atoms with Gasteiger partial charge < -0.3 is 14.4 Å². The Morgan fingerprint density at radius 1 is 1.23 bits per heavy atom. The van der Waals surface area contributed by atoms with Crippen LogP contribution < -0.4 is 0 Å². The minimum Gasteiger partial charge on any atom is -0.389 e. The van der Waals surface area contributed by atoms with E-state index in [2.05, 4.69) is 19.9 Å². The van der Waals surface area contributed by atoms with Crippen LogP contribution in [-0.2, 0) is 17.7 Å². The molecule has 1 aromatic rings. The largest absolute Gasteiger partial charge is 0.389 e. The summed E-state index contributed by atoms with van der Waals surface area (Å²) < 4.78 is 10.6. The molecule has 0 aliphatic carbocycles. The fourth-order valence-electron chi connectivity index (χ4n) is 2.48. The summed E-state index contributed by atoms with van der Waals surface area (Å²) >= 11 is 0.